The van der Waals surface area contributed by atoms with Crippen LogP contribution < -0.4 is 0 Å². The van der Waals surface area contributed by atoms with E-state index in [0.717, 1.165) is 25.8 Å². The molecule has 1 fully saturated rings. The summed E-state index contributed by atoms with van der Waals surface area (Å²) in [7, 11) is 0. The third-order valence-electron chi connectivity index (χ3n) is 4.03. The first-order chi connectivity index (χ1) is 8.15. The maximum Gasteiger partial charge on any atom is 0.237 e. The second-order valence-electron chi connectivity index (χ2n) is 5.32. The molecule has 2 rings (SSSR count). The van der Waals surface area contributed by atoms with E-state index >= 15 is 0 Å². The Bertz CT molecular complexity index is 378. The number of allylic oxidation sites excluding steroid dienone is 1. The first kappa shape index (κ1) is 12.2. The van der Waals surface area contributed by atoms with Gasteiger partial charge < -0.3 is 4.90 Å². The molecular weight excluding hydrogens is 212 g/mol. The fourth-order valence-electron chi connectivity index (χ4n) is 3.31. The Morgan fingerprint density at radius 1 is 1.59 bits per heavy atom. The maximum absolute atomic E-state index is 11.9. The van der Waals surface area contributed by atoms with Gasteiger partial charge in [0.2, 0.25) is 5.91 Å². The molecule has 3 heteroatoms. The predicted octanol–water partition coefficient (Wildman–Crippen LogP) is 2.49. The molecule has 0 aromatic rings. The molecule has 1 amide bonds. The second-order valence-corrected chi connectivity index (χ2v) is 5.32. The molecule has 0 radical (unpaired) electrons. The van der Waals surface area contributed by atoms with Crippen molar-refractivity contribution < 1.29 is 4.79 Å². The highest BCUT2D eigenvalue weighted by atomic mass is 16.2. The highest BCUT2D eigenvalue weighted by molar-refractivity contribution is 5.79. The molecule has 3 nitrogen and oxygen atoms in total. The van der Waals surface area contributed by atoms with Gasteiger partial charge in [-0.1, -0.05) is 25.5 Å². The summed E-state index contributed by atoms with van der Waals surface area (Å²) in [5.74, 6) is 1.14. The average Bonchev–Trinajstić information content (AvgIpc) is 2.72. The van der Waals surface area contributed by atoms with Gasteiger partial charge in [0.15, 0.2) is 0 Å². The fourth-order valence-corrected chi connectivity index (χ4v) is 3.31. The van der Waals surface area contributed by atoms with Crippen LogP contribution in [0.2, 0.25) is 0 Å². The van der Waals surface area contributed by atoms with Gasteiger partial charge in [0.25, 0.3) is 0 Å². The molecular formula is C14H20N2O. The fraction of sp³-hybridized carbons (Fsp3) is 0.714. The van der Waals surface area contributed by atoms with Crippen molar-refractivity contribution in [3.8, 4) is 6.07 Å². The highest BCUT2D eigenvalue weighted by Gasteiger charge is 2.40. The summed E-state index contributed by atoms with van der Waals surface area (Å²) in [6.45, 7) is 5.29. The van der Waals surface area contributed by atoms with Crippen molar-refractivity contribution in [3.05, 3.63) is 11.6 Å². The number of carbonyl (C=O) groups is 1. The van der Waals surface area contributed by atoms with Crippen LogP contribution in [0.3, 0.4) is 0 Å². The number of hydrogen-bond donors (Lipinski definition) is 0. The minimum absolute atomic E-state index is 0.0185. The van der Waals surface area contributed by atoms with E-state index in [1.165, 1.54) is 5.57 Å². The van der Waals surface area contributed by atoms with Crippen LogP contribution in [0.25, 0.3) is 0 Å². The lowest BCUT2D eigenvalue weighted by molar-refractivity contribution is -0.131. The Morgan fingerprint density at radius 2 is 2.35 bits per heavy atom. The summed E-state index contributed by atoms with van der Waals surface area (Å²) in [6.07, 6.45) is 5.61. The van der Waals surface area contributed by atoms with Crippen LogP contribution in [0, 0.1) is 23.2 Å². The Morgan fingerprint density at radius 3 is 3.00 bits per heavy atom. The zero-order valence-corrected chi connectivity index (χ0v) is 10.6. The summed E-state index contributed by atoms with van der Waals surface area (Å²) in [6, 6.07) is 2.33. The molecule has 0 spiro atoms. The summed E-state index contributed by atoms with van der Waals surface area (Å²) in [5, 5.41) is 8.62. The summed E-state index contributed by atoms with van der Waals surface area (Å²) in [4.78, 5) is 13.8. The van der Waals surface area contributed by atoms with Gasteiger partial charge in [-0.25, -0.2) is 0 Å². The average molecular weight is 232 g/mol. The van der Waals surface area contributed by atoms with E-state index in [0.29, 0.717) is 17.9 Å². The molecule has 0 bridgehead atoms. The highest BCUT2D eigenvalue weighted by Crippen LogP contribution is 2.40. The monoisotopic (exact) mass is 232 g/mol. The van der Waals surface area contributed by atoms with Gasteiger partial charge in [0.05, 0.1) is 6.07 Å². The Hall–Kier alpha value is -1.30. The van der Waals surface area contributed by atoms with Crippen LogP contribution in [0.5, 0.6) is 0 Å². The Kier molecular flexibility index (Phi) is 3.51. The Balaban J connectivity index is 2.13. The largest absolute Gasteiger partial charge is 0.338 e. The minimum Gasteiger partial charge on any atom is -0.338 e. The molecule has 1 aliphatic heterocycles. The van der Waals surface area contributed by atoms with Crippen molar-refractivity contribution >= 4 is 5.91 Å². The van der Waals surface area contributed by atoms with Gasteiger partial charge in [-0.2, -0.15) is 5.26 Å². The lowest BCUT2D eigenvalue weighted by Crippen LogP contribution is -2.39. The molecule has 0 N–H and O–H groups in total. The topological polar surface area (TPSA) is 44.1 Å². The number of carbonyl (C=O) groups excluding carboxylic acids is 1. The molecule has 0 aromatic carbocycles. The zero-order chi connectivity index (χ0) is 12.4. The molecule has 2 atom stereocenters. The molecule has 0 aromatic heterocycles. The zero-order valence-electron chi connectivity index (χ0n) is 10.6. The number of rotatable bonds is 2. The minimum atomic E-state index is 0.0185. The van der Waals surface area contributed by atoms with Crippen molar-refractivity contribution in [3.63, 3.8) is 0 Å². The van der Waals surface area contributed by atoms with Crippen molar-refractivity contribution in [1.29, 1.82) is 5.26 Å². The van der Waals surface area contributed by atoms with Gasteiger partial charge in [0.1, 0.15) is 6.42 Å². The van der Waals surface area contributed by atoms with Crippen LogP contribution in [0.4, 0.5) is 0 Å². The predicted molar refractivity (Wildman–Crippen MR) is 66.0 cm³/mol. The van der Waals surface area contributed by atoms with Crippen LogP contribution in [-0.4, -0.2) is 23.4 Å². The first-order valence-electron chi connectivity index (χ1n) is 6.51. The van der Waals surface area contributed by atoms with Gasteiger partial charge in [0, 0.05) is 18.5 Å². The quantitative estimate of drug-likeness (QED) is 0.686. The molecule has 17 heavy (non-hydrogen) atoms. The van der Waals surface area contributed by atoms with Gasteiger partial charge in [-0.3, -0.25) is 4.79 Å². The maximum atomic E-state index is 11.9. The van der Waals surface area contributed by atoms with E-state index < -0.39 is 0 Å². The van der Waals surface area contributed by atoms with Crippen molar-refractivity contribution in [2.24, 2.45) is 11.8 Å². The molecule has 0 saturated carbocycles. The van der Waals surface area contributed by atoms with Crippen LogP contribution in [0.1, 0.15) is 39.5 Å². The second kappa shape index (κ2) is 4.91. The number of nitrogens with zero attached hydrogens (tertiary/aromatic N) is 2. The normalized spacial score (nSPS) is 27.6. The van der Waals surface area contributed by atoms with Gasteiger partial charge in [-0.05, 0) is 25.2 Å². The molecule has 2 unspecified atom stereocenters. The lowest BCUT2D eigenvalue weighted by Gasteiger charge is -2.33. The molecule has 2 aliphatic rings. The lowest BCUT2D eigenvalue weighted by atomic mass is 9.79. The first-order valence-corrected chi connectivity index (χ1v) is 6.51. The standard InChI is InChI=1S/C14H20N2O/c1-10(2)11-4-3-5-13-12(11)7-9-16(13)14(17)6-8-15/h4,10,12-13H,3,5-7,9H2,1-2H3. The smallest absolute Gasteiger partial charge is 0.237 e. The van der Waals surface area contributed by atoms with E-state index in [1.54, 1.807) is 0 Å². The summed E-state index contributed by atoms with van der Waals surface area (Å²) in [5.41, 5.74) is 1.52. The van der Waals surface area contributed by atoms with E-state index in [4.69, 9.17) is 5.26 Å². The van der Waals surface area contributed by atoms with Gasteiger partial charge in [-0.15, -0.1) is 0 Å². The Labute approximate surface area is 103 Å². The van der Waals surface area contributed by atoms with E-state index in [2.05, 4.69) is 19.9 Å². The van der Waals surface area contributed by atoms with Crippen molar-refractivity contribution in [2.45, 2.75) is 45.6 Å². The van der Waals surface area contributed by atoms with Crippen molar-refractivity contribution in [2.75, 3.05) is 6.54 Å². The summed E-state index contributed by atoms with van der Waals surface area (Å²) >= 11 is 0. The number of fused-ring (bicyclic) bond motifs is 1. The third kappa shape index (κ3) is 2.22. The van der Waals surface area contributed by atoms with Crippen LogP contribution in [0.15, 0.2) is 11.6 Å². The van der Waals surface area contributed by atoms with Crippen LogP contribution in [-0.2, 0) is 4.79 Å². The SMILES string of the molecule is CC(C)C1=CCCC2C1CCN2C(=O)CC#N. The third-order valence-corrected chi connectivity index (χ3v) is 4.03. The number of nitriles is 1. The van der Waals surface area contributed by atoms with E-state index in [9.17, 15) is 4.79 Å². The van der Waals surface area contributed by atoms with E-state index in [1.807, 2.05) is 11.0 Å². The molecule has 1 saturated heterocycles. The number of likely N-dealkylation sites (tertiary alicyclic amines) is 1. The van der Waals surface area contributed by atoms with Crippen LogP contribution >= 0.6 is 0 Å². The number of hydrogen-bond acceptors (Lipinski definition) is 2. The van der Waals surface area contributed by atoms with Crippen molar-refractivity contribution in [1.82, 2.24) is 4.90 Å². The summed E-state index contributed by atoms with van der Waals surface area (Å²) < 4.78 is 0. The molecule has 1 heterocycles. The molecule has 1 aliphatic carbocycles. The number of amides is 1. The van der Waals surface area contributed by atoms with E-state index in [-0.39, 0.29) is 12.3 Å². The molecule has 92 valence electrons. The van der Waals surface area contributed by atoms with Gasteiger partial charge >= 0.3 is 0 Å².